The van der Waals surface area contributed by atoms with Crippen LogP contribution in [0.4, 0.5) is 0 Å². The third-order valence-corrected chi connectivity index (χ3v) is 3.13. The number of likely N-dealkylation sites (tertiary alicyclic amines) is 1. The van der Waals surface area contributed by atoms with E-state index in [-0.39, 0.29) is 11.4 Å². The van der Waals surface area contributed by atoms with E-state index in [0.29, 0.717) is 6.42 Å². The van der Waals surface area contributed by atoms with Crippen LogP contribution in [0.2, 0.25) is 0 Å². The highest BCUT2D eigenvalue weighted by molar-refractivity contribution is 5.76. The summed E-state index contributed by atoms with van der Waals surface area (Å²) in [5.74, 6) is 0.248. The van der Waals surface area contributed by atoms with Gasteiger partial charge in [-0.15, -0.1) is 0 Å². The monoisotopic (exact) mass is 184 g/mol. The van der Waals surface area contributed by atoms with Crippen LogP contribution in [-0.2, 0) is 4.79 Å². The molecule has 1 heterocycles. The number of hydrogen-bond donors (Lipinski definition) is 0. The maximum Gasteiger partial charge on any atom is 0.222 e. The summed E-state index contributed by atoms with van der Waals surface area (Å²) in [5, 5.41) is 0. The minimum absolute atomic E-state index is 0.0574. The molecule has 0 aromatic rings. The lowest BCUT2D eigenvalue weighted by atomic mass is 9.99. The molecule has 0 aliphatic carbocycles. The fourth-order valence-electron chi connectivity index (χ4n) is 1.98. The maximum absolute atomic E-state index is 11.5. The van der Waals surface area contributed by atoms with Gasteiger partial charge in [0.15, 0.2) is 0 Å². The van der Waals surface area contributed by atoms with E-state index in [0.717, 1.165) is 19.5 Å². The van der Waals surface area contributed by atoms with Gasteiger partial charge in [-0.3, -0.25) is 4.79 Å². The molecule has 0 aromatic carbocycles. The Kier molecular flexibility index (Phi) is 2.96. The molecule has 0 spiro atoms. The van der Waals surface area contributed by atoms with Crippen LogP contribution in [-0.4, -0.2) is 48.4 Å². The summed E-state index contributed by atoms with van der Waals surface area (Å²) in [4.78, 5) is 15.7. The highest BCUT2D eigenvalue weighted by Gasteiger charge is 2.37. The lowest BCUT2D eigenvalue weighted by Gasteiger charge is -2.35. The molecule has 3 heteroatoms. The van der Waals surface area contributed by atoms with Gasteiger partial charge < -0.3 is 9.80 Å². The fourth-order valence-corrected chi connectivity index (χ4v) is 1.98. The first-order valence-corrected chi connectivity index (χ1v) is 4.95. The van der Waals surface area contributed by atoms with Gasteiger partial charge in [-0.05, 0) is 20.4 Å². The average Bonchev–Trinajstić information content (AvgIpc) is 2.45. The number of amides is 1. The largest absolute Gasteiger partial charge is 0.339 e. The number of carbonyl (C=O) groups excluding carboxylic acids is 1. The first-order chi connectivity index (χ1) is 5.99. The number of nitrogens with zero attached hydrogens (tertiary/aromatic N) is 2. The van der Waals surface area contributed by atoms with Gasteiger partial charge >= 0.3 is 0 Å². The molecule has 0 bridgehead atoms. The zero-order chi connectivity index (χ0) is 10.1. The number of rotatable bonds is 2. The van der Waals surface area contributed by atoms with Crippen LogP contribution >= 0.6 is 0 Å². The standard InChI is InChI=1S/C10H20N2O/c1-5-9(13)12(4)10(2)6-7-11(3)8-10/h5-8H2,1-4H3. The molecule has 0 radical (unpaired) electrons. The molecule has 3 nitrogen and oxygen atoms in total. The van der Waals surface area contributed by atoms with Gasteiger partial charge in [0.05, 0.1) is 5.54 Å². The van der Waals surface area contributed by atoms with Crippen molar-refractivity contribution in [2.24, 2.45) is 0 Å². The minimum Gasteiger partial charge on any atom is -0.339 e. The number of likely N-dealkylation sites (N-methyl/N-ethyl adjacent to an activating group) is 2. The van der Waals surface area contributed by atoms with E-state index in [4.69, 9.17) is 0 Å². The molecule has 1 aliphatic heterocycles. The van der Waals surface area contributed by atoms with E-state index >= 15 is 0 Å². The van der Waals surface area contributed by atoms with Crippen LogP contribution in [0.5, 0.6) is 0 Å². The minimum atomic E-state index is 0.0574. The first-order valence-electron chi connectivity index (χ1n) is 4.95. The van der Waals surface area contributed by atoms with Crippen molar-refractivity contribution in [1.29, 1.82) is 0 Å². The highest BCUT2D eigenvalue weighted by Crippen LogP contribution is 2.25. The Morgan fingerprint density at radius 1 is 1.62 bits per heavy atom. The molecule has 0 saturated carbocycles. The Bertz CT molecular complexity index is 205. The molecule has 13 heavy (non-hydrogen) atoms. The zero-order valence-electron chi connectivity index (χ0n) is 9.13. The van der Waals surface area contributed by atoms with Crippen molar-refractivity contribution >= 4 is 5.91 Å². The normalized spacial score (nSPS) is 29.2. The van der Waals surface area contributed by atoms with Crippen LogP contribution in [0, 0.1) is 0 Å². The first kappa shape index (κ1) is 10.5. The summed E-state index contributed by atoms with van der Waals surface area (Å²) in [6, 6.07) is 0. The summed E-state index contributed by atoms with van der Waals surface area (Å²) >= 11 is 0. The topological polar surface area (TPSA) is 23.6 Å². The quantitative estimate of drug-likeness (QED) is 0.638. The molecule has 1 rings (SSSR count). The molecule has 0 aromatic heterocycles. The molecular formula is C10H20N2O. The van der Waals surface area contributed by atoms with E-state index in [1.54, 1.807) is 0 Å². The van der Waals surface area contributed by atoms with Crippen molar-refractivity contribution in [2.45, 2.75) is 32.2 Å². The summed E-state index contributed by atoms with van der Waals surface area (Å²) < 4.78 is 0. The SMILES string of the molecule is CCC(=O)N(C)C1(C)CCN(C)C1. The molecule has 1 aliphatic rings. The van der Waals surface area contributed by atoms with Crippen molar-refractivity contribution in [3.05, 3.63) is 0 Å². The zero-order valence-corrected chi connectivity index (χ0v) is 9.13. The second kappa shape index (κ2) is 3.66. The van der Waals surface area contributed by atoms with Gasteiger partial charge in [0.25, 0.3) is 0 Å². The highest BCUT2D eigenvalue weighted by atomic mass is 16.2. The Labute approximate surface area is 80.7 Å². The van der Waals surface area contributed by atoms with Gasteiger partial charge in [-0.2, -0.15) is 0 Å². The van der Waals surface area contributed by atoms with Crippen LogP contribution in [0.15, 0.2) is 0 Å². The van der Waals surface area contributed by atoms with Crippen molar-refractivity contribution in [3.63, 3.8) is 0 Å². The molecular weight excluding hydrogens is 164 g/mol. The lowest BCUT2D eigenvalue weighted by Crippen LogP contribution is -2.48. The van der Waals surface area contributed by atoms with Crippen molar-refractivity contribution < 1.29 is 4.79 Å². The Balaban J connectivity index is 2.64. The van der Waals surface area contributed by atoms with Crippen LogP contribution < -0.4 is 0 Å². The van der Waals surface area contributed by atoms with Gasteiger partial charge in [-0.1, -0.05) is 6.92 Å². The van der Waals surface area contributed by atoms with Crippen molar-refractivity contribution in [3.8, 4) is 0 Å². The molecule has 1 fully saturated rings. The fraction of sp³-hybridized carbons (Fsp3) is 0.900. The van der Waals surface area contributed by atoms with E-state index in [1.165, 1.54) is 0 Å². The van der Waals surface area contributed by atoms with E-state index in [2.05, 4.69) is 18.9 Å². The smallest absolute Gasteiger partial charge is 0.222 e. The second-order valence-electron chi connectivity index (χ2n) is 4.29. The van der Waals surface area contributed by atoms with Crippen molar-refractivity contribution in [1.82, 2.24) is 9.80 Å². The van der Waals surface area contributed by atoms with Crippen LogP contribution in [0.1, 0.15) is 26.7 Å². The van der Waals surface area contributed by atoms with Gasteiger partial charge in [0, 0.05) is 26.6 Å². The van der Waals surface area contributed by atoms with E-state index < -0.39 is 0 Å². The predicted octanol–water partition coefficient (Wildman–Crippen LogP) is 0.949. The number of hydrogen-bond acceptors (Lipinski definition) is 2. The molecule has 0 N–H and O–H groups in total. The summed E-state index contributed by atoms with van der Waals surface area (Å²) in [6.07, 6.45) is 1.70. The Morgan fingerprint density at radius 2 is 2.23 bits per heavy atom. The lowest BCUT2D eigenvalue weighted by molar-refractivity contribution is -0.134. The summed E-state index contributed by atoms with van der Waals surface area (Å²) in [7, 11) is 4.03. The van der Waals surface area contributed by atoms with Gasteiger partial charge in [0.2, 0.25) is 5.91 Å². The van der Waals surface area contributed by atoms with Crippen molar-refractivity contribution in [2.75, 3.05) is 27.2 Å². The maximum atomic E-state index is 11.5. The van der Waals surface area contributed by atoms with Gasteiger partial charge in [-0.25, -0.2) is 0 Å². The molecule has 76 valence electrons. The van der Waals surface area contributed by atoms with Crippen LogP contribution in [0.25, 0.3) is 0 Å². The molecule has 1 unspecified atom stereocenters. The Morgan fingerprint density at radius 3 is 2.62 bits per heavy atom. The summed E-state index contributed by atoms with van der Waals surface area (Å²) in [5.41, 5.74) is 0.0574. The Hall–Kier alpha value is -0.570. The molecule has 1 saturated heterocycles. The van der Waals surface area contributed by atoms with E-state index in [9.17, 15) is 4.79 Å². The predicted molar refractivity (Wildman–Crippen MR) is 53.6 cm³/mol. The average molecular weight is 184 g/mol. The summed E-state index contributed by atoms with van der Waals surface area (Å²) in [6.45, 7) is 6.18. The molecule has 1 amide bonds. The number of carbonyl (C=O) groups is 1. The van der Waals surface area contributed by atoms with Crippen LogP contribution in [0.3, 0.4) is 0 Å². The van der Waals surface area contributed by atoms with Gasteiger partial charge in [0.1, 0.15) is 0 Å². The second-order valence-corrected chi connectivity index (χ2v) is 4.29. The van der Waals surface area contributed by atoms with E-state index in [1.807, 2.05) is 18.9 Å². The molecule has 1 atom stereocenters. The third-order valence-electron chi connectivity index (χ3n) is 3.13. The third kappa shape index (κ3) is 2.02.